The van der Waals surface area contributed by atoms with E-state index in [1.807, 2.05) is 17.9 Å². The monoisotopic (exact) mass is 357 g/mol. The number of ether oxygens (including phenoxy) is 2. The summed E-state index contributed by atoms with van der Waals surface area (Å²) >= 11 is 0. The predicted octanol–water partition coefficient (Wildman–Crippen LogP) is 4.49. The molecule has 5 heteroatoms. The molecule has 1 aliphatic rings. The van der Waals surface area contributed by atoms with E-state index < -0.39 is 0 Å². The quantitative estimate of drug-likeness (QED) is 0.791. The molecule has 0 aromatic heterocycles. The second-order valence-corrected chi connectivity index (χ2v) is 6.80. The van der Waals surface area contributed by atoms with Crippen molar-refractivity contribution in [2.75, 3.05) is 13.7 Å². The van der Waals surface area contributed by atoms with E-state index in [-0.39, 0.29) is 11.7 Å². The van der Waals surface area contributed by atoms with Crippen LogP contribution in [0.15, 0.2) is 36.4 Å². The molecule has 1 unspecified atom stereocenters. The number of carbonyl (C=O) groups excluding carboxylic acids is 1. The van der Waals surface area contributed by atoms with Gasteiger partial charge in [0.05, 0.1) is 13.5 Å². The molecule has 0 bridgehead atoms. The topological polar surface area (TPSA) is 38.8 Å². The lowest BCUT2D eigenvalue weighted by Crippen LogP contribution is -2.34. The minimum absolute atomic E-state index is 0.114. The van der Waals surface area contributed by atoms with Crippen molar-refractivity contribution in [3.63, 3.8) is 0 Å². The molecule has 0 radical (unpaired) electrons. The zero-order valence-corrected chi connectivity index (χ0v) is 15.4. The smallest absolute Gasteiger partial charge is 0.227 e. The summed E-state index contributed by atoms with van der Waals surface area (Å²) in [5, 5.41) is 0. The third kappa shape index (κ3) is 4.15. The number of hydrogen-bond acceptors (Lipinski definition) is 3. The van der Waals surface area contributed by atoms with Crippen LogP contribution in [0, 0.1) is 12.7 Å². The van der Waals surface area contributed by atoms with Crippen molar-refractivity contribution in [2.24, 2.45) is 0 Å². The number of carbonyl (C=O) groups is 1. The van der Waals surface area contributed by atoms with Gasteiger partial charge in [0.2, 0.25) is 5.91 Å². The minimum atomic E-state index is -0.339. The Hall–Kier alpha value is -2.56. The van der Waals surface area contributed by atoms with Crippen LogP contribution >= 0.6 is 0 Å². The maximum atomic E-state index is 13.5. The number of benzene rings is 2. The number of methoxy groups -OCH3 is 1. The summed E-state index contributed by atoms with van der Waals surface area (Å²) in [6, 6.07) is 10.2. The van der Waals surface area contributed by atoms with E-state index in [0.717, 1.165) is 30.5 Å². The maximum absolute atomic E-state index is 13.5. The van der Waals surface area contributed by atoms with E-state index in [2.05, 4.69) is 6.92 Å². The molecule has 1 saturated heterocycles. The Labute approximate surface area is 153 Å². The number of aryl methyl sites for hydroxylation is 1. The number of amides is 1. The van der Waals surface area contributed by atoms with E-state index in [4.69, 9.17) is 9.47 Å². The first-order valence-corrected chi connectivity index (χ1v) is 8.87. The molecule has 1 heterocycles. The van der Waals surface area contributed by atoms with Crippen LogP contribution in [-0.2, 0) is 11.2 Å². The zero-order chi connectivity index (χ0) is 18.7. The van der Waals surface area contributed by atoms with Crippen molar-refractivity contribution in [2.45, 2.75) is 39.2 Å². The summed E-state index contributed by atoms with van der Waals surface area (Å²) in [6.07, 6.45) is 2.42. The molecule has 1 fully saturated rings. The van der Waals surface area contributed by atoms with Crippen molar-refractivity contribution >= 4 is 5.91 Å². The fourth-order valence-corrected chi connectivity index (χ4v) is 3.40. The van der Waals surface area contributed by atoms with E-state index in [0.29, 0.717) is 29.7 Å². The minimum Gasteiger partial charge on any atom is -0.496 e. The largest absolute Gasteiger partial charge is 0.496 e. The molecule has 0 spiro atoms. The van der Waals surface area contributed by atoms with Crippen LogP contribution < -0.4 is 9.47 Å². The third-order valence-electron chi connectivity index (χ3n) is 4.72. The van der Waals surface area contributed by atoms with Gasteiger partial charge in [0.25, 0.3) is 0 Å². The van der Waals surface area contributed by atoms with Crippen LogP contribution in [0.5, 0.6) is 17.2 Å². The Morgan fingerprint density at radius 3 is 2.69 bits per heavy atom. The first kappa shape index (κ1) is 18.2. The van der Waals surface area contributed by atoms with Gasteiger partial charge in [-0.25, -0.2) is 4.39 Å². The highest BCUT2D eigenvalue weighted by molar-refractivity contribution is 5.80. The van der Waals surface area contributed by atoms with Crippen LogP contribution in [0.2, 0.25) is 0 Å². The first-order valence-electron chi connectivity index (χ1n) is 8.87. The average Bonchev–Trinajstić information content (AvgIpc) is 3.01. The lowest BCUT2D eigenvalue weighted by atomic mass is 10.1. The first-order chi connectivity index (χ1) is 12.5. The molecule has 26 heavy (non-hydrogen) atoms. The van der Waals surface area contributed by atoms with E-state index in [9.17, 15) is 9.18 Å². The average molecular weight is 357 g/mol. The molecular formula is C21H24FNO3. The Morgan fingerprint density at radius 2 is 2.04 bits per heavy atom. The number of hydrogen-bond donors (Lipinski definition) is 0. The van der Waals surface area contributed by atoms with Gasteiger partial charge in [-0.05, 0) is 50.5 Å². The van der Waals surface area contributed by atoms with Crippen LogP contribution in [0.4, 0.5) is 4.39 Å². The molecule has 2 aromatic rings. The molecular weight excluding hydrogens is 333 g/mol. The molecule has 1 atom stereocenters. The second kappa shape index (κ2) is 7.77. The third-order valence-corrected chi connectivity index (χ3v) is 4.72. The molecule has 4 nitrogen and oxygen atoms in total. The molecule has 0 aliphatic carbocycles. The Balaban J connectivity index is 1.76. The van der Waals surface area contributed by atoms with Crippen LogP contribution in [0.3, 0.4) is 0 Å². The Kier molecular flexibility index (Phi) is 5.45. The van der Waals surface area contributed by atoms with Gasteiger partial charge in [-0.15, -0.1) is 0 Å². The maximum Gasteiger partial charge on any atom is 0.227 e. The number of likely N-dealkylation sites (tertiary alicyclic amines) is 1. The Morgan fingerprint density at radius 1 is 1.23 bits per heavy atom. The molecule has 1 amide bonds. The van der Waals surface area contributed by atoms with Gasteiger partial charge in [-0.1, -0.05) is 6.07 Å². The Bertz CT molecular complexity index is 786. The summed E-state index contributed by atoms with van der Waals surface area (Å²) < 4.78 is 24.7. The summed E-state index contributed by atoms with van der Waals surface area (Å²) in [7, 11) is 1.57. The standard InChI is InChI=1S/C21H24FNO3/c1-14-9-17(22)12-19(10-14)26-18-7-6-16(20(13-18)25-3)11-21(24)23-8-4-5-15(23)2/h6-7,9-10,12-13,15H,4-5,8,11H2,1-3H3. The fourth-order valence-electron chi connectivity index (χ4n) is 3.40. The molecule has 0 saturated carbocycles. The summed E-state index contributed by atoms with van der Waals surface area (Å²) in [5.41, 5.74) is 1.60. The van der Waals surface area contributed by atoms with Gasteiger partial charge in [-0.3, -0.25) is 4.79 Å². The molecule has 3 rings (SSSR count). The highest BCUT2D eigenvalue weighted by atomic mass is 19.1. The van der Waals surface area contributed by atoms with E-state index in [1.54, 1.807) is 25.3 Å². The van der Waals surface area contributed by atoms with Gasteiger partial charge in [0.15, 0.2) is 0 Å². The predicted molar refractivity (Wildman–Crippen MR) is 98.3 cm³/mol. The van der Waals surface area contributed by atoms with Gasteiger partial charge in [-0.2, -0.15) is 0 Å². The van der Waals surface area contributed by atoms with Gasteiger partial charge < -0.3 is 14.4 Å². The summed E-state index contributed by atoms with van der Waals surface area (Å²) in [5.74, 6) is 1.34. The van der Waals surface area contributed by atoms with Gasteiger partial charge in [0, 0.05) is 30.3 Å². The SMILES string of the molecule is COc1cc(Oc2cc(C)cc(F)c2)ccc1CC(=O)N1CCCC1C. The zero-order valence-electron chi connectivity index (χ0n) is 15.4. The lowest BCUT2D eigenvalue weighted by molar-refractivity contribution is -0.131. The van der Waals surface area contributed by atoms with Gasteiger partial charge >= 0.3 is 0 Å². The summed E-state index contributed by atoms with van der Waals surface area (Å²) in [6.45, 7) is 4.72. The number of rotatable bonds is 5. The fraction of sp³-hybridized carbons (Fsp3) is 0.381. The van der Waals surface area contributed by atoms with Crippen molar-refractivity contribution in [3.05, 3.63) is 53.3 Å². The van der Waals surface area contributed by atoms with Crippen molar-refractivity contribution in [3.8, 4) is 17.2 Å². The van der Waals surface area contributed by atoms with Crippen molar-refractivity contribution in [1.82, 2.24) is 4.90 Å². The number of halogens is 1. The van der Waals surface area contributed by atoms with Crippen molar-refractivity contribution in [1.29, 1.82) is 0 Å². The summed E-state index contributed by atoms with van der Waals surface area (Å²) in [4.78, 5) is 14.5. The molecule has 138 valence electrons. The van der Waals surface area contributed by atoms with Crippen LogP contribution in [-0.4, -0.2) is 30.5 Å². The van der Waals surface area contributed by atoms with Crippen molar-refractivity contribution < 1.29 is 18.7 Å². The highest BCUT2D eigenvalue weighted by Gasteiger charge is 2.25. The van der Waals surface area contributed by atoms with E-state index >= 15 is 0 Å². The second-order valence-electron chi connectivity index (χ2n) is 6.80. The van der Waals surface area contributed by atoms with E-state index in [1.165, 1.54) is 12.1 Å². The van der Waals surface area contributed by atoms with Gasteiger partial charge in [0.1, 0.15) is 23.1 Å². The highest BCUT2D eigenvalue weighted by Crippen LogP contribution is 2.30. The number of nitrogens with zero attached hydrogens (tertiary/aromatic N) is 1. The molecule has 0 N–H and O–H groups in total. The molecule has 1 aliphatic heterocycles. The van der Waals surface area contributed by atoms with Crippen LogP contribution in [0.1, 0.15) is 30.9 Å². The van der Waals surface area contributed by atoms with Crippen LogP contribution in [0.25, 0.3) is 0 Å². The molecule has 2 aromatic carbocycles. The normalized spacial score (nSPS) is 16.6. The lowest BCUT2D eigenvalue weighted by Gasteiger charge is -2.22.